The number of nitrogens with zero attached hydrogens (tertiary/aromatic N) is 2. The van der Waals surface area contributed by atoms with E-state index in [1.54, 1.807) is 20.4 Å². The highest BCUT2D eigenvalue weighted by Crippen LogP contribution is 2.34. The van der Waals surface area contributed by atoms with Crippen molar-refractivity contribution in [1.29, 1.82) is 5.26 Å². The van der Waals surface area contributed by atoms with Gasteiger partial charge in [-0.2, -0.15) is 5.26 Å². The van der Waals surface area contributed by atoms with Crippen LogP contribution in [0, 0.1) is 18.3 Å². The van der Waals surface area contributed by atoms with Crippen molar-refractivity contribution < 1.29 is 9.47 Å². The number of ether oxygens (including phenoxy) is 2. The summed E-state index contributed by atoms with van der Waals surface area (Å²) in [6, 6.07) is 13.7. The van der Waals surface area contributed by atoms with Crippen molar-refractivity contribution >= 4 is 22.3 Å². The number of hydrogen-bond donors (Lipinski definition) is 1. The number of fused-ring (bicyclic) bond motifs is 1. The lowest BCUT2D eigenvalue weighted by Gasteiger charge is -2.14. The zero-order chi connectivity index (χ0) is 17.1. The maximum atomic E-state index is 9.43. The average Bonchev–Trinajstić information content (AvgIpc) is 2.62. The second-order valence-electron chi connectivity index (χ2n) is 5.37. The third kappa shape index (κ3) is 2.82. The molecule has 24 heavy (non-hydrogen) atoms. The zero-order valence-electron chi connectivity index (χ0n) is 13.8. The van der Waals surface area contributed by atoms with Crippen molar-refractivity contribution in [3.63, 3.8) is 0 Å². The molecule has 0 spiro atoms. The van der Waals surface area contributed by atoms with Crippen LogP contribution >= 0.6 is 0 Å². The molecule has 5 heteroatoms. The molecule has 0 radical (unpaired) electrons. The van der Waals surface area contributed by atoms with Crippen molar-refractivity contribution in [2.24, 2.45) is 0 Å². The van der Waals surface area contributed by atoms with E-state index in [1.807, 2.05) is 43.3 Å². The molecule has 0 saturated carbocycles. The van der Waals surface area contributed by atoms with Crippen LogP contribution in [0.2, 0.25) is 0 Å². The molecule has 1 heterocycles. The molecule has 5 nitrogen and oxygen atoms in total. The molecule has 0 fully saturated rings. The first-order valence-corrected chi connectivity index (χ1v) is 7.44. The van der Waals surface area contributed by atoms with E-state index in [0.717, 1.165) is 27.8 Å². The number of rotatable bonds is 4. The van der Waals surface area contributed by atoms with Crippen molar-refractivity contribution in [3.05, 3.63) is 53.7 Å². The number of aryl methyl sites for hydroxylation is 1. The molecule has 0 bridgehead atoms. The molecule has 0 saturated heterocycles. The SMILES string of the molecule is COc1ccc(Nc2c(C#N)cnc3ccc(C)cc23)cc1OC. The summed E-state index contributed by atoms with van der Waals surface area (Å²) >= 11 is 0. The summed E-state index contributed by atoms with van der Waals surface area (Å²) in [6.45, 7) is 2.01. The molecule has 0 unspecified atom stereocenters. The first-order chi connectivity index (χ1) is 11.7. The minimum atomic E-state index is 0.489. The van der Waals surface area contributed by atoms with Gasteiger partial charge in [0.2, 0.25) is 0 Å². The van der Waals surface area contributed by atoms with Crippen LogP contribution in [0.25, 0.3) is 10.9 Å². The number of anilines is 2. The van der Waals surface area contributed by atoms with Crippen LogP contribution in [0.4, 0.5) is 11.4 Å². The fraction of sp³-hybridized carbons (Fsp3) is 0.158. The fourth-order valence-corrected chi connectivity index (χ4v) is 2.58. The standard InChI is InChI=1S/C19H17N3O2/c1-12-4-6-16-15(8-12)19(13(10-20)11-21-16)22-14-5-7-17(23-2)18(9-14)24-3/h4-9,11H,1-3H3,(H,21,22). The summed E-state index contributed by atoms with van der Waals surface area (Å²) in [5, 5.41) is 13.7. The Bertz CT molecular complexity index is 945. The lowest BCUT2D eigenvalue weighted by Crippen LogP contribution is -1.98. The number of nitrogens with one attached hydrogen (secondary N) is 1. The fourth-order valence-electron chi connectivity index (χ4n) is 2.58. The normalized spacial score (nSPS) is 10.2. The van der Waals surface area contributed by atoms with Crippen LogP contribution in [0.5, 0.6) is 11.5 Å². The molecule has 0 amide bonds. The molecule has 0 aliphatic carbocycles. The van der Waals surface area contributed by atoms with E-state index >= 15 is 0 Å². The lowest BCUT2D eigenvalue weighted by atomic mass is 10.1. The van der Waals surface area contributed by atoms with E-state index in [4.69, 9.17) is 9.47 Å². The quantitative estimate of drug-likeness (QED) is 0.781. The van der Waals surface area contributed by atoms with Crippen molar-refractivity contribution in [3.8, 4) is 17.6 Å². The molecular formula is C19H17N3O2. The molecular weight excluding hydrogens is 302 g/mol. The molecule has 3 aromatic rings. The monoisotopic (exact) mass is 319 g/mol. The van der Waals surface area contributed by atoms with Gasteiger partial charge in [-0.1, -0.05) is 11.6 Å². The summed E-state index contributed by atoms with van der Waals surface area (Å²) in [5.41, 5.74) is 3.97. The smallest absolute Gasteiger partial charge is 0.162 e. The van der Waals surface area contributed by atoms with Gasteiger partial charge in [-0.15, -0.1) is 0 Å². The van der Waals surface area contributed by atoms with Gasteiger partial charge in [0.1, 0.15) is 6.07 Å². The number of pyridine rings is 1. The molecule has 0 aliphatic rings. The van der Waals surface area contributed by atoms with Crippen LogP contribution in [-0.2, 0) is 0 Å². The predicted octanol–water partition coefficient (Wildman–Crippen LogP) is 4.18. The Labute approximate surface area is 140 Å². The molecule has 1 N–H and O–H groups in total. The third-order valence-corrected chi connectivity index (χ3v) is 3.80. The Morgan fingerprint density at radius 1 is 1.04 bits per heavy atom. The van der Waals surface area contributed by atoms with Gasteiger partial charge in [0, 0.05) is 23.3 Å². The van der Waals surface area contributed by atoms with Gasteiger partial charge < -0.3 is 14.8 Å². The third-order valence-electron chi connectivity index (χ3n) is 3.80. The van der Waals surface area contributed by atoms with Crippen LogP contribution in [-0.4, -0.2) is 19.2 Å². The Morgan fingerprint density at radius 3 is 2.54 bits per heavy atom. The van der Waals surface area contributed by atoms with Gasteiger partial charge in [0.25, 0.3) is 0 Å². The van der Waals surface area contributed by atoms with Crippen LogP contribution in [0.1, 0.15) is 11.1 Å². The largest absolute Gasteiger partial charge is 0.493 e. The van der Waals surface area contributed by atoms with Crippen LogP contribution in [0.3, 0.4) is 0 Å². The molecule has 0 aliphatic heterocycles. The lowest BCUT2D eigenvalue weighted by molar-refractivity contribution is 0.355. The van der Waals surface area contributed by atoms with Crippen molar-refractivity contribution in [2.45, 2.75) is 6.92 Å². The van der Waals surface area contributed by atoms with E-state index in [9.17, 15) is 5.26 Å². The zero-order valence-corrected chi connectivity index (χ0v) is 13.8. The molecule has 0 atom stereocenters. The summed E-state index contributed by atoms with van der Waals surface area (Å²) in [4.78, 5) is 4.35. The van der Waals surface area contributed by atoms with Gasteiger partial charge >= 0.3 is 0 Å². The van der Waals surface area contributed by atoms with Gasteiger partial charge in [-0.25, -0.2) is 0 Å². The molecule has 3 rings (SSSR count). The van der Waals surface area contributed by atoms with E-state index < -0.39 is 0 Å². The highest BCUT2D eigenvalue weighted by Gasteiger charge is 2.11. The first-order valence-electron chi connectivity index (χ1n) is 7.44. The van der Waals surface area contributed by atoms with Crippen molar-refractivity contribution in [2.75, 3.05) is 19.5 Å². The maximum absolute atomic E-state index is 9.43. The summed E-state index contributed by atoms with van der Waals surface area (Å²) in [5.74, 6) is 1.27. The second-order valence-corrected chi connectivity index (χ2v) is 5.37. The topological polar surface area (TPSA) is 67.2 Å². The van der Waals surface area contributed by atoms with Gasteiger partial charge in [-0.3, -0.25) is 4.98 Å². The summed E-state index contributed by atoms with van der Waals surface area (Å²) < 4.78 is 10.6. The van der Waals surface area contributed by atoms with Crippen LogP contribution in [0.15, 0.2) is 42.6 Å². The number of benzene rings is 2. The Morgan fingerprint density at radius 2 is 1.83 bits per heavy atom. The first kappa shape index (κ1) is 15.6. The van der Waals surface area contributed by atoms with E-state index in [-0.39, 0.29) is 0 Å². The summed E-state index contributed by atoms with van der Waals surface area (Å²) in [7, 11) is 3.19. The minimum Gasteiger partial charge on any atom is -0.493 e. The minimum absolute atomic E-state index is 0.489. The van der Waals surface area contributed by atoms with Crippen molar-refractivity contribution in [1.82, 2.24) is 4.98 Å². The summed E-state index contributed by atoms with van der Waals surface area (Å²) in [6.07, 6.45) is 1.58. The second kappa shape index (κ2) is 6.47. The highest BCUT2D eigenvalue weighted by atomic mass is 16.5. The van der Waals surface area contributed by atoms with Gasteiger partial charge in [0.05, 0.1) is 31.0 Å². The Kier molecular flexibility index (Phi) is 4.21. The van der Waals surface area contributed by atoms with E-state index in [1.165, 1.54) is 0 Å². The van der Waals surface area contributed by atoms with Gasteiger partial charge in [-0.05, 0) is 31.2 Å². The highest BCUT2D eigenvalue weighted by molar-refractivity contribution is 5.96. The number of hydrogen-bond acceptors (Lipinski definition) is 5. The molecule has 2 aromatic carbocycles. The van der Waals surface area contributed by atoms with Crippen LogP contribution < -0.4 is 14.8 Å². The Balaban J connectivity index is 2.12. The number of methoxy groups -OCH3 is 2. The molecule has 120 valence electrons. The predicted molar refractivity (Wildman–Crippen MR) is 94.0 cm³/mol. The van der Waals surface area contributed by atoms with Gasteiger partial charge in [0.15, 0.2) is 11.5 Å². The maximum Gasteiger partial charge on any atom is 0.162 e. The molecule has 1 aromatic heterocycles. The van der Waals surface area contributed by atoms with E-state index in [0.29, 0.717) is 17.1 Å². The Hall–Kier alpha value is -3.26. The number of nitriles is 1. The average molecular weight is 319 g/mol. The van der Waals surface area contributed by atoms with E-state index in [2.05, 4.69) is 16.4 Å². The number of aromatic nitrogens is 1.